The second-order valence-corrected chi connectivity index (χ2v) is 4.29. The maximum Gasteiger partial charge on any atom is 0.233 e. The van der Waals surface area contributed by atoms with Crippen LogP contribution in [-0.2, 0) is 5.85 Å². The van der Waals surface area contributed by atoms with E-state index in [9.17, 15) is 13.9 Å². The molecule has 0 aliphatic heterocycles. The van der Waals surface area contributed by atoms with E-state index in [0.717, 1.165) is 18.6 Å². The number of aromatic nitrogens is 4. The van der Waals surface area contributed by atoms with Crippen LogP contribution in [0.1, 0.15) is 31.7 Å². The summed E-state index contributed by atoms with van der Waals surface area (Å²) in [6, 6.07) is 3.38. The van der Waals surface area contributed by atoms with Gasteiger partial charge in [-0.15, -0.1) is 10.2 Å². The molecule has 7 heteroatoms. The number of nitrogens with one attached hydrogen (secondary N) is 1. The highest BCUT2D eigenvalue weighted by atomic mass is 19.2. The molecule has 0 bridgehead atoms. The molecule has 102 valence electrons. The summed E-state index contributed by atoms with van der Waals surface area (Å²) in [5, 5.41) is 22.9. The van der Waals surface area contributed by atoms with E-state index in [0.29, 0.717) is 6.42 Å². The van der Waals surface area contributed by atoms with Crippen molar-refractivity contribution in [2.75, 3.05) is 0 Å². The standard InChI is InChI=1S/C12H14F2N4O/c1-2-3-6-12(14,19)10-5-4-8(13)7-9(10)11-15-17-18-16-11/h4-5,7,19H,2-3,6H2,1H3,(H,15,16,17,18). The predicted octanol–water partition coefficient (Wildman–Crippen LogP) is 2.31. The lowest BCUT2D eigenvalue weighted by atomic mass is 9.96. The Morgan fingerprint density at radius 3 is 2.84 bits per heavy atom. The lowest BCUT2D eigenvalue weighted by Crippen LogP contribution is -2.20. The van der Waals surface area contributed by atoms with Gasteiger partial charge < -0.3 is 5.11 Å². The van der Waals surface area contributed by atoms with Gasteiger partial charge in [-0.1, -0.05) is 13.3 Å². The molecule has 0 saturated heterocycles. The number of H-pyrrole nitrogens is 1. The molecule has 5 nitrogen and oxygen atoms in total. The van der Waals surface area contributed by atoms with E-state index in [1.807, 2.05) is 6.92 Å². The lowest BCUT2D eigenvalue weighted by molar-refractivity contribution is -0.103. The number of unbranched alkanes of at least 4 members (excludes halogenated alkanes) is 1. The number of tetrazole rings is 1. The minimum Gasteiger partial charge on any atom is -0.358 e. The largest absolute Gasteiger partial charge is 0.358 e. The van der Waals surface area contributed by atoms with Crippen molar-refractivity contribution in [3.63, 3.8) is 0 Å². The Kier molecular flexibility index (Phi) is 3.84. The van der Waals surface area contributed by atoms with Gasteiger partial charge in [0.25, 0.3) is 0 Å². The van der Waals surface area contributed by atoms with Crippen molar-refractivity contribution in [3.8, 4) is 11.4 Å². The Labute approximate surface area is 108 Å². The maximum absolute atomic E-state index is 14.3. The zero-order valence-corrected chi connectivity index (χ0v) is 10.4. The van der Waals surface area contributed by atoms with Crippen LogP contribution in [0, 0.1) is 5.82 Å². The van der Waals surface area contributed by atoms with Gasteiger partial charge in [-0.3, -0.25) is 0 Å². The molecule has 0 aliphatic carbocycles. The summed E-state index contributed by atoms with van der Waals surface area (Å²) in [4.78, 5) is 0. The molecule has 1 heterocycles. The van der Waals surface area contributed by atoms with Gasteiger partial charge in [0.2, 0.25) is 11.7 Å². The lowest BCUT2D eigenvalue weighted by Gasteiger charge is -2.21. The summed E-state index contributed by atoms with van der Waals surface area (Å²) in [7, 11) is 0. The highest BCUT2D eigenvalue weighted by Crippen LogP contribution is 2.35. The van der Waals surface area contributed by atoms with Gasteiger partial charge in [0, 0.05) is 17.5 Å². The summed E-state index contributed by atoms with van der Waals surface area (Å²) in [5.74, 6) is -3.06. The number of benzene rings is 1. The fourth-order valence-electron chi connectivity index (χ4n) is 1.86. The molecule has 2 aromatic rings. The van der Waals surface area contributed by atoms with Crippen molar-refractivity contribution in [2.45, 2.75) is 32.0 Å². The third-order valence-electron chi connectivity index (χ3n) is 2.84. The number of hydrogen-bond donors (Lipinski definition) is 2. The van der Waals surface area contributed by atoms with Gasteiger partial charge in [-0.25, -0.2) is 8.78 Å². The van der Waals surface area contributed by atoms with E-state index in [-0.39, 0.29) is 23.4 Å². The monoisotopic (exact) mass is 268 g/mol. The van der Waals surface area contributed by atoms with Gasteiger partial charge in [0.15, 0.2) is 0 Å². The summed E-state index contributed by atoms with van der Waals surface area (Å²) in [6.45, 7) is 1.89. The summed E-state index contributed by atoms with van der Waals surface area (Å²) >= 11 is 0. The third kappa shape index (κ3) is 2.93. The number of aromatic amines is 1. The van der Waals surface area contributed by atoms with E-state index in [4.69, 9.17) is 0 Å². The second-order valence-electron chi connectivity index (χ2n) is 4.29. The van der Waals surface area contributed by atoms with Gasteiger partial charge in [0.1, 0.15) is 5.82 Å². The number of hydrogen-bond acceptors (Lipinski definition) is 4. The average molecular weight is 268 g/mol. The van der Waals surface area contributed by atoms with Crippen LogP contribution in [0.4, 0.5) is 8.78 Å². The molecule has 1 unspecified atom stereocenters. The molecule has 0 radical (unpaired) electrons. The first-order valence-corrected chi connectivity index (χ1v) is 5.99. The first kappa shape index (κ1) is 13.5. The maximum atomic E-state index is 14.3. The summed E-state index contributed by atoms with van der Waals surface area (Å²) in [6.07, 6.45) is 1.18. The predicted molar refractivity (Wildman–Crippen MR) is 64.1 cm³/mol. The zero-order valence-electron chi connectivity index (χ0n) is 10.4. The molecule has 0 saturated carbocycles. The van der Waals surface area contributed by atoms with Gasteiger partial charge in [0.05, 0.1) is 0 Å². The van der Waals surface area contributed by atoms with Crippen LogP contribution in [-0.4, -0.2) is 25.7 Å². The van der Waals surface area contributed by atoms with Crippen molar-refractivity contribution in [1.29, 1.82) is 0 Å². The zero-order chi connectivity index (χ0) is 13.9. The van der Waals surface area contributed by atoms with Crippen LogP contribution >= 0.6 is 0 Å². The van der Waals surface area contributed by atoms with Crippen molar-refractivity contribution >= 4 is 0 Å². The molecule has 2 rings (SSSR count). The fourth-order valence-corrected chi connectivity index (χ4v) is 1.86. The van der Waals surface area contributed by atoms with Crippen LogP contribution in [0.2, 0.25) is 0 Å². The Hall–Kier alpha value is -1.89. The van der Waals surface area contributed by atoms with Gasteiger partial charge in [-0.05, 0) is 29.8 Å². The van der Waals surface area contributed by atoms with E-state index >= 15 is 0 Å². The highest BCUT2D eigenvalue weighted by Gasteiger charge is 2.32. The second kappa shape index (κ2) is 5.40. The van der Waals surface area contributed by atoms with Crippen LogP contribution in [0.5, 0.6) is 0 Å². The molecule has 0 spiro atoms. The van der Waals surface area contributed by atoms with Gasteiger partial charge >= 0.3 is 0 Å². The molecule has 2 N–H and O–H groups in total. The van der Waals surface area contributed by atoms with Crippen molar-refractivity contribution in [3.05, 3.63) is 29.6 Å². The summed E-state index contributed by atoms with van der Waals surface area (Å²) < 4.78 is 27.6. The Morgan fingerprint density at radius 1 is 1.42 bits per heavy atom. The minimum absolute atomic E-state index is 0.0436. The number of halogens is 2. The fraction of sp³-hybridized carbons (Fsp3) is 0.417. The summed E-state index contributed by atoms with van der Waals surface area (Å²) in [5.41, 5.74) is 0.0404. The topological polar surface area (TPSA) is 74.7 Å². The van der Waals surface area contributed by atoms with Crippen molar-refractivity contribution in [2.24, 2.45) is 0 Å². The number of nitrogens with zero attached hydrogens (tertiary/aromatic N) is 3. The number of alkyl halides is 1. The third-order valence-corrected chi connectivity index (χ3v) is 2.84. The normalized spacial score (nSPS) is 14.3. The van der Waals surface area contributed by atoms with Crippen molar-refractivity contribution < 1.29 is 13.9 Å². The van der Waals surface area contributed by atoms with Crippen molar-refractivity contribution in [1.82, 2.24) is 20.6 Å². The quantitative estimate of drug-likeness (QED) is 0.872. The highest BCUT2D eigenvalue weighted by molar-refractivity contribution is 5.60. The molecule has 0 fully saturated rings. The van der Waals surface area contributed by atoms with E-state index in [1.54, 1.807) is 0 Å². The number of rotatable bonds is 5. The molecule has 0 amide bonds. The molecule has 1 atom stereocenters. The molecule has 19 heavy (non-hydrogen) atoms. The Balaban J connectivity index is 2.45. The first-order chi connectivity index (χ1) is 9.04. The SMILES string of the molecule is CCCCC(O)(F)c1ccc(F)cc1-c1nn[nH]n1. The molecular weight excluding hydrogens is 254 g/mol. The molecule has 0 aliphatic rings. The van der Waals surface area contributed by atoms with E-state index in [1.165, 1.54) is 6.07 Å². The van der Waals surface area contributed by atoms with Gasteiger partial charge in [-0.2, -0.15) is 5.21 Å². The smallest absolute Gasteiger partial charge is 0.233 e. The Bertz CT molecular complexity index is 543. The van der Waals surface area contributed by atoms with E-state index < -0.39 is 11.7 Å². The molecule has 1 aromatic heterocycles. The van der Waals surface area contributed by atoms with E-state index in [2.05, 4.69) is 20.6 Å². The molecular formula is C12H14F2N4O. The first-order valence-electron chi connectivity index (χ1n) is 5.99. The average Bonchev–Trinajstić information content (AvgIpc) is 2.90. The molecule has 1 aromatic carbocycles. The van der Waals surface area contributed by atoms with Crippen LogP contribution in [0.15, 0.2) is 18.2 Å². The van der Waals surface area contributed by atoms with Crippen LogP contribution in [0.3, 0.4) is 0 Å². The minimum atomic E-state index is -2.54. The van der Waals surface area contributed by atoms with Crippen LogP contribution < -0.4 is 0 Å². The van der Waals surface area contributed by atoms with Crippen LogP contribution in [0.25, 0.3) is 11.4 Å². The Morgan fingerprint density at radius 2 is 2.21 bits per heavy atom. The number of aliphatic hydroxyl groups is 1.